The first-order chi connectivity index (χ1) is 17.5. The van der Waals surface area contributed by atoms with Gasteiger partial charge in [0.15, 0.2) is 5.78 Å². The quantitative estimate of drug-likeness (QED) is 0.503. The number of carbonyl (C=O) groups is 1. The number of terminal acetylenes is 1. The molecule has 0 radical (unpaired) electrons. The van der Waals surface area contributed by atoms with Gasteiger partial charge in [-0.3, -0.25) is 4.79 Å². The van der Waals surface area contributed by atoms with Crippen LogP contribution in [0.3, 0.4) is 0 Å². The average molecular weight is 502 g/mol. The number of hydrogen-bond donors (Lipinski definition) is 2. The molecule has 0 bridgehead atoms. The van der Waals surface area contributed by atoms with Crippen molar-refractivity contribution in [3.63, 3.8) is 0 Å². The Kier molecular flexibility index (Phi) is 6.92. The van der Waals surface area contributed by atoms with Crippen LogP contribution in [0, 0.1) is 35.0 Å². The van der Waals surface area contributed by atoms with Crippen molar-refractivity contribution in [2.24, 2.45) is 22.7 Å². The molecule has 0 amide bonds. The summed E-state index contributed by atoms with van der Waals surface area (Å²) in [5, 5.41) is 20.6. The molecule has 198 valence electrons. The van der Waals surface area contributed by atoms with E-state index in [1.165, 1.54) is 22.4 Å². The maximum absolute atomic E-state index is 12.1. The van der Waals surface area contributed by atoms with E-state index in [1.807, 2.05) is 26.8 Å². The number of nitrogens with zero attached hydrogens (tertiary/aromatic N) is 1. The average Bonchev–Trinajstić information content (AvgIpc) is 3.15. The maximum atomic E-state index is 12.1. The van der Waals surface area contributed by atoms with Gasteiger partial charge in [0.05, 0.1) is 12.2 Å². The van der Waals surface area contributed by atoms with Gasteiger partial charge in [0.25, 0.3) is 0 Å². The molecule has 3 fully saturated rings. The number of β-amino-alcohol motifs (C(OH)–C–C–N with tert-alkyl or cyclic N) is 1. The van der Waals surface area contributed by atoms with Crippen LogP contribution in [0.1, 0.15) is 84.1 Å². The van der Waals surface area contributed by atoms with Crippen molar-refractivity contribution in [2.75, 3.05) is 18.0 Å². The van der Waals surface area contributed by atoms with E-state index in [2.05, 4.69) is 42.0 Å². The van der Waals surface area contributed by atoms with E-state index in [1.54, 1.807) is 5.57 Å². The number of hydrogen-bond acceptors (Lipinski definition) is 4. The van der Waals surface area contributed by atoms with Crippen LogP contribution in [0.4, 0.5) is 5.69 Å². The van der Waals surface area contributed by atoms with Crippen LogP contribution < -0.4 is 4.90 Å². The van der Waals surface area contributed by atoms with Gasteiger partial charge in [0, 0.05) is 36.5 Å². The molecule has 0 spiro atoms. The zero-order chi connectivity index (χ0) is 26.5. The minimum Gasteiger partial charge on any atom is -0.393 e. The van der Waals surface area contributed by atoms with Crippen LogP contribution in [0.15, 0.2) is 47.1 Å². The topological polar surface area (TPSA) is 60.8 Å². The van der Waals surface area contributed by atoms with Gasteiger partial charge in [0.2, 0.25) is 0 Å². The minimum atomic E-state index is -0.210. The second kappa shape index (κ2) is 9.75. The molecule has 0 aromatic heterocycles. The predicted molar refractivity (Wildman–Crippen MR) is 149 cm³/mol. The van der Waals surface area contributed by atoms with E-state index in [9.17, 15) is 15.0 Å². The highest BCUT2D eigenvalue weighted by molar-refractivity contribution is 5.93. The summed E-state index contributed by atoms with van der Waals surface area (Å²) in [4.78, 5) is 14.3. The lowest BCUT2D eigenvalue weighted by Gasteiger charge is -2.52. The number of fused-ring (bicyclic) bond motifs is 4. The number of benzene rings is 1. The van der Waals surface area contributed by atoms with Crippen molar-refractivity contribution < 1.29 is 15.0 Å². The standard InChI is InChI=1S/C27H33NO3.C6H10/c1-27-13-23(16-2-5-18(6-3-16)28-14-20(30)15-28)26-21-9-7-19(29)12-17(21)4-8-22(26)24(27)10-11-25(27)31;1-5-6(2,3)4/h2-3,5-6,12,20,22-25,30-31H,4,7-11,13-15H2,1H3;1H,2-4H3. The number of allylic oxidation sites excluding steroid dienone is 4. The third-order valence-electron chi connectivity index (χ3n) is 9.64. The summed E-state index contributed by atoms with van der Waals surface area (Å²) in [6.45, 7) is 9.78. The summed E-state index contributed by atoms with van der Waals surface area (Å²) in [6, 6.07) is 8.94. The van der Waals surface area contributed by atoms with Crippen molar-refractivity contribution in [3.05, 3.63) is 52.6 Å². The highest BCUT2D eigenvalue weighted by Gasteiger charge is 2.56. The Hall–Kier alpha value is -2.35. The summed E-state index contributed by atoms with van der Waals surface area (Å²) in [6.07, 6.45) is 13.3. The van der Waals surface area contributed by atoms with Gasteiger partial charge in [-0.25, -0.2) is 0 Å². The summed E-state index contributed by atoms with van der Waals surface area (Å²) in [5.41, 5.74) is 6.92. The highest BCUT2D eigenvalue weighted by atomic mass is 16.3. The number of anilines is 1. The molecule has 1 heterocycles. The Labute approximate surface area is 222 Å². The second-order valence-electron chi connectivity index (χ2n) is 13.2. The first kappa shape index (κ1) is 26.3. The fourth-order valence-electron chi connectivity index (χ4n) is 7.52. The largest absolute Gasteiger partial charge is 0.393 e. The second-order valence-corrected chi connectivity index (χ2v) is 13.2. The van der Waals surface area contributed by atoms with E-state index >= 15 is 0 Å². The smallest absolute Gasteiger partial charge is 0.156 e. The number of aliphatic hydroxyl groups is 2. The van der Waals surface area contributed by atoms with Gasteiger partial charge >= 0.3 is 0 Å². The molecule has 4 heteroatoms. The van der Waals surface area contributed by atoms with Crippen LogP contribution in [-0.4, -0.2) is 41.3 Å². The molecule has 2 saturated carbocycles. The fourth-order valence-corrected chi connectivity index (χ4v) is 7.52. The Balaban J connectivity index is 0.000000421. The molecule has 2 N–H and O–H groups in total. The molecule has 1 aromatic carbocycles. The number of carbonyl (C=O) groups excluding carboxylic acids is 1. The van der Waals surface area contributed by atoms with Crippen molar-refractivity contribution in [1.82, 2.24) is 0 Å². The predicted octanol–water partition coefficient (Wildman–Crippen LogP) is 5.79. The van der Waals surface area contributed by atoms with Gasteiger partial charge in [-0.2, -0.15) is 0 Å². The Bertz CT molecular complexity index is 1140. The molecule has 5 unspecified atom stereocenters. The zero-order valence-corrected chi connectivity index (χ0v) is 23.0. The molecule has 5 atom stereocenters. The van der Waals surface area contributed by atoms with E-state index < -0.39 is 0 Å². The lowest BCUT2D eigenvalue weighted by atomic mass is 9.53. The van der Waals surface area contributed by atoms with Crippen molar-refractivity contribution in [1.29, 1.82) is 0 Å². The van der Waals surface area contributed by atoms with Gasteiger partial charge in [-0.15, -0.1) is 12.3 Å². The molecule has 1 aromatic rings. The molecule has 6 rings (SSSR count). The van der Waals surface area contributed by atoms with E-state index in [0.29, 0.717) is 37.3 Å². The lowest BCUT2D eigenvalue weighted by Crippen LogP contribution is -2.50. The highest BCUT2D eigenvalue weighted by Crippen LogP contribution is 2.63. The normalized spacial score (nSPS) is 33.3. The summed E-state index contributed by atoms with van der Waals surface area (Å²) in [7, 11) is 0. The molecule has 37 heavy (non-hydrogen) atoms. The van der Waals surface area contributed by atoms with E-state index in [4.69, 9.17) is 6.42 Å². The van der Waals surface area contributed by atoms with E-state index in [-0.39, 0.29) is 28.8 Å². The van der Waals surface area contributed by atoms with Crippen LogP contribution in [-0.2, 0) is 4.79 Å². The molecule has 4 aliphatic carbocycles. The monoisotopic (exact) mass is 501 g/mol. The SMILES string of the molecule is C#CC(C)(C)C.CC12CC(c3ccc(N4CC(O)C4)cc3)C3=C4CCC(=O)C=C4CCC3C1CCC2O. The first-order valence-corrected chi connectivity index (χ1v) is 14.2. The summed E-state index contributed by atoms with van der Waals surface area (Å²) in [5.74, 6) is 4.30. The van der Waals surface area contributed by atoms with Crippen molar-refractivity contribution >= 4 is 11.5 Å². The molecule has 1 saturated heterocycles. The van der Waals surface area contributed by atoms with Gasteiger partial charge < -0.3 is 15.1 Å². The van der Waals surface area contributed by atoms with Crippen LogP contribution in [0.5, 0.6) is 0 Å². The van der Waals surface area contributed by atoms with E-state index in [0.717, 1.165) is 38.5 Å². The van der Waals surface area contributed by atoms with Crippen LogP contribution >= 0.6 is 0 Å². The Morgan fingerprint density at radius 1 is 1.03 bits per heavy atom. The lowest BCUT2D eigenvalue weighted by molar-refractivity contribution is -0.114. The Morgan fingerprint density at radius 3 is 2.32 bits per heavy atom. The molecule has 4 nitrogen and oxygen atoms in total. The zero-order valence-electron chi connectivity index (χ0n) is 23.0. The maximum Gasteiger partial charge on any atom is 0.156 e. The fraction of sp³-hybridized carbons (Fsp3) is 0.606. The van der Waals surface area contributed by atoms with Gasteiger partial charge in [-0.05, 0) is 111 Å². The minimum absolute atomic E-state index is 0.0225. The number of aliphatic hydroxyl groups excluding tert-OH is 2. The van der Waals surface area contributed by atoms with Gasteiger partial charge in [0.1, 0.15) is 0 Å². The number of rotatable bonds is 2. The summed E-state index contributed by atoms with van der Waals surface area (Å²) >= 11 is 0. The Morgan fingerprint density at radius 2 is 1.70 bits per heavy atom. The molecule has 5 aliphatic rings. The third-order valence-corrected chi connectivity index (χ3v) is 9.64. The van der Waals surface area contributed by atoms with Gasteiger partial charge in [-0.1, -0.05) is 24.6 Å². The molecule has 1 aliphatic heterocycles. The van der Waals surface area contributed by atoms with Crippen LogP contribution in [0.2, 0.25) is 0 Å². The molecular formula is C33H43NO3. The molecular weight excluding hydrogens is 458 g/mol. The van der Waals surface area contributed by atoms with Crippen molar-refractivity contribution in [2.45, 2.75) is 90.8 Å². The summed E-state index contributed by atoms with van der Waals surface area (Å²) < 4.78 is 0. The first-order valence-electron chi connectivity index (χ1n) is 14.2. The van der Waals surface area contributed by atoms with Crippen LogP contribution in [0.25, 0.3) is 0 Å². The van der Waals surface area contributed by atoms with Crippen molar-refractivity contribution in [3.8, 4) is 12.3 Å². The third kappa shape index (κ3) is 4.93. The number of ketones is 1.